The van der Waals surface area contributed by atoms with E-state index in [-0.39, 0.29) is 16.3 Å². The first-order valence-electron chi connectivity index (χ1n) is 9.42. The molecule has 0 atom stereocenters. The second-order valence-corrected chi connectivity index (χ2v) is 7.28. The maximum atomic E-state index is 12.3. The van der Waals surface area contributed by atoms with E-state index >= 15 is 0 Å². The molecule has 0 aromatic heterocycles. The molecule has 0 radical (unpaired) electrons. The molecule has 0 heterocycles. The molecule has 10 heteroatoms. The van der Waals surface area contributed by atoms with Gasteiger partial charge in [-0.1, -0.05) is 47.5 Å². The van der Waals surface area contributed by atoms with Crippen molar-refractivity contribution in [1.29, 1.82) is 0 Å². The van der Waals surface area contributed by atoms with Crippen molar-refractivity contribution in [2.24, 2.45) is 5.10 Å². The van der Waals surface area contributed by atoms with Crippen molar-refractivity contribution in [3.63, 3.8) is 0 Å². The molecule has 0 aliphatic carbocycles. The van der Waals surface area contributed by atoms with Crippen molar-refractivity contribution in [2.45, 2.75) is 0 Å². The summed E-state index contributed by atoms with van der Waals surface area (Å²) in [6, 6.07) is 17.5. The molecule has 0 fully saturated rings. The molecule has 0 unspecified atom stereocenters. The van der Waals surface area contributed by atoms with Crippen molar-refractivity contribution in [3.05, 3.63) is 87.9 Å². The minimum Gasteiger partial charge on any atom is -0.495 e. The number of nitrogens with one attached hydrogen (secondary N) is 2. The molecule has 33 heavy (non-hydrogen) atoms. The number of amides is 2. The van der Waals surface area contributed by atoms with Gasteiger partial charge in [-0.15, -0.1) is 0 Å². The van der Waals surface area contributed by atoms with Crippen LogP contribution >= 0.6 is 23.2 Å². The summed E-state index contributed by atoms with van der Waals surface area (Å²) >= 11 is 11.9. The van der Waals surface area contributed by atoms with E-state index in [9.17, 15) is 14.4 Å². The highest BCUT2D eigenvalue weighted by Crippen LogP contribution is 2.24. The van der Waals surface area contributed by atoms with Gasteiger partial charge in [0, 0.05) is 5.02 Å². The average molecular weight is 486 g/mol. The first-order chi connectivity index (χ1) is 15.9. The maximum absolute atomic E-state index is 12.3. The van der Waals surface area contributed by atoms with E-state index in [4.69, 9.17) is 32.7 Å². The van der Waals surface area contributed by atoms with Crippen molar-refractivity contribution in [1.82, 2.24) is 5.43 Å². The third kappa shape index (κ3) is 6.55. The number of carbonyl (C=O) groups excluding carboxylic acids is 3. The zero-order chi connectivity index (χ0) is 23.8. The third-order valence-electron chi connectivity index (χ3n) is 4.16. The minimum atomic E-state index is -0.975. The topological polar surface area (TPSA) is 106 Å². The lowest BCUT2D eigenvalue weighted by molar-refractivity contribution is -0.136. The highest BCUT2D eigenvalue weighted by Gasteiger charge is 2.15. The molecule has 0 aliphatic heterocycles. The number of benzene rings is 3. The number of nitrogens with zero attached hydrogens (tertiary/aromatic N) is 1. The zero-order valence-corrected chi connectivity index (χ0v) is 18.7. The fourth-order valence-electron chi connectivity index (χ4n) is 2.62. The van der Waals surface area contributed by atoms with E-state index in [1.165, 1.54) is 37.6 Å². The van der Waals surface area contributed by atoms with Crippen LogP contribution in [0.2, 0.25) is 10.0 Å². The largest absolute Gasteiger partial charge is 0.495 e. The Hall–Kier alpha value is -3.88. The number of para-hydroxylation sites is 2. The summed E-state index contributed by atoms with van der Waals surface area (Å²) in [6.45, 7) is 0. The monoisotopic (exact) mass is 485 g/mol. The van der Waals surface area contributed by atoms with Gasteiger partial charge in [-0.3, -0.25) is 9.59 Å². The summed E-state index contributed by atoms with van der Waals surface area (Å²) in [4.78, 5) is 36.4. The molecule has 2 amide bonds. The van der Waals surface area contributed by atoms with Crippen LogP contribution in [0.3, 0.4) is 0 Å². The summed E-state index contributed by atoms with van der Waals surface area (Å²) in [5.74, 6) is -1.91. The quantitative estimate of drug-likeness (QED) is 0.178. The number of carbonyl (C=O) groups is 3. The van der Waals surface area contributed by atoms with E-state index in [2.05, 4.69) is 15.8 Å². The Morgan fingerprint density at radius 3 is 2.48 bits per heavy atom. The van der Waals surface area contributed by atoms with Gasteiger partial charge in [0.05, 0.1) is 29.6 Å². The second-order valence-electron chi connectivity index (χ2n) is 6.44. The summed E-state index contributed by atoms with van der Waals surface area (Å²) in [6.07, 6.45) is 1.29. The fourth-order valence-corrected chi connectivity index (χ4v) is 3.10. The minimum absolute atomic E-state index is 0.161. The number of ether oxygens (including phenoxy) is 2. The first-order valence-corrected chi connectivity index (χ1v) is 10.2. The average Bonchev–Trinajstić information content (AvgIpc) is 2.79. The lowest BCUT2D eigenvalue weighted by Crippen LogP contribution is -2.32. The zero-order valence-electron chi connectivity index (χ0n) is 17.2. The number of hydrazone groups is 1. The standard InChI is InChI=1S/C23H17Cl2N3O5/c1-32-20-8-3-2-7-19(20)27-21(29)22(30)28-26-13-14-5-4-6-16(11-14)33-23(31)17-10-9-15(24)12-18(17)25/h2-13H,1H3,(H,27,29)(H,28,30). The molecule has 3 aromatic rings. The number of hydrogen-bond acceptors (Lipinski definition) is 6. The van der Waals surface area contributed by atoms with Crippen LogP contribution in [0, 0.1) is 0 Å². The van der Waals surface area contributed by atoms with Crippen LogP contribution < -0.4 is 20.2 Å². The molecular formula is C23H17Cl2N3O5. The van der Waals surface area contributed by atoms with Gasteiger partial charge in [-0.05, 0) is 48.0 Å². The molecule has 8 nitrogen and oxygen atoms in total. The van der Waals surface area contributed by atoms with Gasteiger partial charge in [-0.2, -0.15) is 5.10 Å². The summed E-state index contributed by atoms with van der Waals surface area (Å²) < 4.78 is 10.4. The van der Waals surface area contributed by atoms with Gasteiger partial charge in [-0.25, -0.2) is 10.2 Å². The molecule has 0 saturated heterocycles. The maximum Gasteiger partial charge on any atom is 0.345 e. The molecule has 0 saturated carbocycles. The van der Waals surface area contributed by atoms with Crippen molar-refractivity contribution in [2.75, 3.05) is 12.4 Å². The number of halogens is 2. The smallest absolute Gasteiger partial charge is 0.345 e. The Labute approximate surface area is 199 Å². The number of anilines is 1. The molecule has 0 bridgehead atoms. The Bertz CT molecular complexity index is 1230. The van der Waals surface area contributed by atoms with Crippen molar-refractivity contribution < 1.29 is 23.9 Å². The van der Waals surface area contributed by atoms with E-state index < -0.39 is 17.8 Å². The van der Waals surface area contributed by atoms with Crippen molar-refractivity contribution >= 4 is 52.9 Å². The van der Waals surface area contributed by atoms with Gasteiger partial charge >= 0.3 is 17.8 Å². The summed E-state index contributed by atoms with van der Waals surface area (Å²) in [5.41, 5.74) is 3.14. The predicted octanol–water partition coefficient (Wildman–Crippen LogP) is 4.31. The molecular weight excluding hydrogens is 469 g/mol. The molecule has 0 spiro atoms. The third-order valence-corrected chi connectivity index (χ3v) is 4.71. The Kier molecular flexibility index (Phi) is 8.01. The number of rotatable bonds is 6. The Balaban J connectivity index is 1.59. The van der Waals surface area contributed by atoms with Crippen LogP contribution in [-0.2, 0) is 9.59 Å². The molecule has 168 valence electrons. The van der Waals surface area contributed by atoms with Crippen molar-refractivity contribution in [3.8, 4) is 11.5 Å². The number of hydrogen-bond donors (Lipinski definition) is 2. The molecule has 3 rings (SSSR count). The van der Waals surface area contributed by atoms with E-state index in [0.29, 0.717) is 22.0 Å². The first kappa shape index (κ1) is 23.8. The number of methoxy groups -OCH3 is 1. The van der Waals surface area contributed by atoms with E-state index in [1.807, 2.05) is 0 Å². The normalized spacial score (nSPS) is 10.5. The van der Waals surface area contributed by atoms with E-state index in [1.54, 1.807) is 42.5 Å². The van der Waals surface area contributed by atoms with Gasteiger partial charge in [0.1, 0.15) is 11.5 Å². The van der Waals surface area contributed by atoms with Crippen LogP contribution in [0.5, 0.6) is 11.5 Å². The van der Waals surface area contributed by atoms with Gasteiger partial charge in [0.15, 0.2) is 0 Å². The van der Waals surface area contributed by atoms with Crippen LogP contribution in [0.1, 0.15) is 15.9 Å². The molecule has 0 aliphatic rings. The fraction of sp³-hybridized carbons (Fsp3) is 0.0435. The lowest BCUT2D eigenvalue weighted by atomic mass is 10.2. The summed E-state index contributed by atoms with van der Waals surface area (Å²) in [5, 5.41) is 6.76. The number of esters is 1. The van der Waals surface area contributed by atoms with Crippen LogP contribution in [-0.4, -0.2) is 31.1 Å². The van der Waals surface area contributed by atoms with E-state index in [0.717, 1.165) is 0 Å². The molecule has 3 aromatic carbocycles. The van der Waals surface area contributed by atoms with Gasteiger partial charge in [0.2, 0.25) is 0 Å². The molecule has 2 N–H and O–H groups in total. The second kappa shape index (κ2) is 11.1. The lowest BCUT2D eigenvalue weighted by Gasteiger charge is -2.08. The Morgan fingerprint density at radius 2 is 1.73 bits per heavy atom. The van der Waals surface area contributed by atoms with Gasteiger partial charge < -0.3 is 14.8 Å². The Morgan fingerprint density at radius 1 is 0.939 bits per heavy atom. The van der Waals surface area contributed by atoms with Gasteiger partial charge in [0.25, 0.3) is 0 Å². The predicted molar refractivity (Wildman–Crippen MR) is 125 cm³/mol. The summed E-state index contributed by atoms with van der Waals surface area (Å²) in [7, 11) is 1.45. The van der Waals surface area contributed by atoms with Crippen LogP contribution in [0.4, 0.5) is 5.69 Å². The highest BCUT2D eigenvalue weighted by atomic mass is 35.5. The van der Waals surface area contributed by atoms with Crippen LogP contribution in [0.25, 0.3) is 0 Å². The highest BCUT2D eigenvalue weighted by molar-refractivity contribution is 6.39. The van der Waals surface area contributed by atoms with Crippen LogP contribution in [0.15, 0.2) is 71.8 Å². The SMILES string of the molecule is COc1ccccc1NC(=O)C(=O)NN=Cc1cccc(OC(=O)c2ccc(Cl)cc2Cl)c1.